The summed E-state index contributed by atoms with van der Waals surface area (Å²) in [6, 6.07) is 1.64. The summed E-state index contributed by atoms with van der Waals surface area (Å²) in [4.78, 5) is 0. The van der Waals surface area contributed by atoms with Crippen LogP contribution in [0.4, 0.5) is 26.3 Å². The van der Waals surface area contributed by atoms with E-state index in [0.717, 1.165) is 12.8 Å². The Morgan fingerprint density at radius 1 is 1.00 bits per heavy atom. The van der Waals surface area contributed by atoms with Crippen molar-refractivity contribution in [3.05, 3.63) is 34.9 Å². The highest BCUT2D eigenvalue weighted by Crippen LogP contribution is 2.36. The molecule has 1 aliphatic carbocycles. The normalized spacial score (nSPS) is 16.7. The van der Waals surface area contributed by atoms with E-state index in [1.807, 2.05) is 0 Å². The second-order valence-electron chi connectivity index (χ2n) is 4.52. The molecule has 7 heteroatoms. The third-order valence-electron chi connectivity index (χ3n) is 2.90. The van der Waals surface area contributed by atoms with E-state index in [9.17, 15) is 26.3 Å². The summed E-state index contributed by atoms with van der Waals surface area (Å²) in [5, 5.41) is 2.80. The molecule has 2 rings (SSSR count). The molecule has 1 N–H and O–H groups in total. The Kier molecular flexibility index (Phi) is 3.51. The molecule has 0 atom stereocenters. The van der Waals surface area contributed by atoms with Gasteiger partial charge in [-0.1, -0.05) is 0 Å². The summed E-state index contributed by atoms with van der Waals surface area (Å²) in [6.07, 6.45) is -7.59. The Balaban J connectivity index is 2.31. The lowest BCUT2D eigenvalue weighted by molar-refractivity contribution is -0.141. The average Bonchev–Trinajstić information content (AvgIpc) is 3.07. The highest BCUT2D eigenvalue weighted by atomic mass is 19.4. The minimum atomic E-state index is -4.65. The maximum absolute atomic E-state index is 12.7. The largest absolute Gasteiger partial charge is 0.416 e. The van der Waals surface area contributed by atoms with Gasteiger partial charge in [-0.15, -0.1) is 0 Å². The predicted octanol–water partition coefficient (Wildman–Crippen LogP) is 3.98. The van der Waals surface area contributed by atoms with E-state index in [2.05, 4.69) is 5.32 Å². The smallest absolute Gasteiger partial charge is 0.310 e. The lowest BCUT2D eigenvalue weighted by atomic mass is 10.0. The third-order valence-corrected chi connectivity index (χ3v) is 2.90. The van der Waals surface area contributed by atoms with Crippen molar-refractivity contribution in [1.29, 1.82) is 0 Å². The van der Waals surface area contributed by atoms with Crippen LogP contribution in [0.5, 0.6) is 0 Å². The van der Waals surface area contributed by atoms with Crippen molar-refractivity contribution in [1.82, 2.24) is 5.32 Å². The van der Waals surface area contributed by atoms with Crippen LogP contribution in [0.15, 0.2) is 18.2 Å². The molecule has 0 heterocycles. The highest BCUT2D eigenvalue weighted by molar-refractivity contribution is 5.35. The van der Waals surface area contributed by atoms with Crippen molar-refractivity contribution in [3.8, 4) is 0 Å². The molecule has 0 aliphatic heterocycles. The van der Waals surface area contributed by atoms with E-state index < -0.39 is 23.5 Å². The fourth-order valence-corrected chi connectivity index (χ4v) is 1.73. The first-order valence-corrected chi connectivity index (χ1v) is 5.68. The average molecular weight is 283 g/mol. The molecular weight excluding hydrogens is 272 g/mol. The van der Waals surface area contributed by atoms with Crippen molar-refractivity contribution in [2.45, 2.75) is 37.8 Å². The molecule has 1 aromatic rings. The van der Waals surface area contributed by atoms with Crippen molar-refractivity contribution in [3.63, 3.8) is 0 Å². The van der Waals surface area contributed by atoms with Crippen LogP contribution >= 0.6 is 0 Å². The van der Waals surface area contributed by atoms with Crippen LogP contribution in [0.2, 0.25) is 0 Å². The summed E-state index contributed by atoms with van der Waals surface area (Å²) in [6.45, 7) is -0.205. The molecule has 0 amide bonds. The van der Waals surface area contributed by atoms with Crippen LogP contribution in [0.1, 0.15) is 29.5 Å². The second kappa shape index (κ2) is 4.70. The quantitative estimate of drug-likeness (QED) is 0.827. The van der Waals surface area contributed by atoms with Crippen LogP contribution in [0.25, 0.3) is 0 Å². The van der Waals surface area contributed by atoms with Crippen molar-refractivity contribution in [2.75, 3.05) is 0 Å². The van der Waals surface area contributed by atoms with Gasteiger partial charge in [-0.3, -0.25) is 0 Å². The van der Waals surface area contributed by atoms with Gasteiger partial charge in [0.1, 0.15) is 0 Å². The Labute approximate surface area is 105 Å². The predicted molar refractivity (Wildman–Crippen MR) is 56.3 cm³/mol. The number of hydrogen-bond acceptors (Lipinski definition) is 1. The van der Waals surface area contributed by atoms with Gasteiger partial charge in [-0.2, -0.15) is 26.3 Å². The van der Waals surface area contributed by atoms with E-state index in [-0.39, 0.29) is 18.2 Å². The van der Waals surface area contributed by atoms with Crippen LogP contribution in [-0.4, -0.2) is 6.04 Å². The van der Waals surface area contributed by atoms with Gasteiger partial charge in [-0.25, -0.2) is 0 Å². The zero-order valence-electron chi connectivity index (χ0n) is 9.70. The van der Waals surface area contributed by atoms with Gasteiger partial charge in [0.25, 0.3) is 0 Å². The standard InChI is InChI=1S/C12H11F6N/c13-11(14,15)8-1-4-10(12(16,17)18)7(5-8)6-19-9-2-3-9/h1,4-5,9,19H,2-3,6H2. The van der Waals surface area contributed by atoms with Crippen molar-refractivity contribution in [2.24, 2.45) is 0 Å². The summed E-state index contributed by atoms with van der Waals surface area (Å²) < 4.78 is 75.6. The second-order valence-corrected chi connectivity index (χ2v) is 4.52. The van der Waals surface area contributed by atoms with Crippen molar-refractivity contribution >= 4 is 0 Å². The highest BCUT2D eigenvalue weighted by Gasteiger charge is 2.37. The molecule has 1 fully saturated rings. The number of halogens is 6. The maximum Gasteiger partial charge on any atom is 0.416 e. The zero-order chi connectivity index (χ0) is 14.3. The van der Waals surface area contributed by atoms with Gasteiger partial charge in [0.15, 0.2) is 0 Å². The van der Waals surface area contributed by atoms with Crippen LogP contribution in [-0.2, 0) is 18.9 Å². The lowest BCUT2D eigenvalue weighted by Gasteiger charge is -2.16. The molecule has 0 bridgehead atoms. The van der Waals surface area contributed by atoms with E-state index in [4.69, 9.17) is 0 Å². The molecule has 1 nitrogen and oxygen atoms in total. The first-order chi connectivity index (χ1) is 8.68. The van der Waals surface area contributed by atoms with E-state index >= 15 is 0 Å². The number of benzene rings is 1. The molecule has 0 aromatic heterocycles. The molecule has 0 radical (unpaired) electrons. The number of alkyl halides is 6. The van der Waals surface area contributed by atoms with Crippen molar-refractivity contribution < 1.29 is 26.3 Å². The Morgan fingerprint density at radius 2 is 1.63 bits per heavy atom. The van der Waals surface area contributed by atoms with Gasteiger partial charge in [0.05, 0.1) is 11.1 Å². The number of hydrogen-bond donors (Lipinski definition) is 1. The maximum atomic E-state index is 12.7. The Morgan fingerprint density at radius 3 is 2.11 bits per heavy atom. The fraction of sp³-hybridized carbons (Fsp3) is 0.500. The molecule has 0 spiro atoms. The van der Waals surface area contributed by atoms with Gasteiger partial charge in [-0.05, 0) is 36.6 Å². The summed E-state index contributed by atoms with van der Waals surface area (Å²) >= 11 is 0. The van der Waals surface area contributed by atoms with Gasteiger partial charge < -0.3 is 5.32 Å². The first kappa shape index (κ1) is 14.2. The van der Waals surface area contributed by atoms with E-state index in [1.54, 1.807) is 0 Å². The summed E-state index contributed by atoms with van der Waals surface area (Å²) in [5.74, 6) is 0. The monoisotopic (exact) mass is 283 g/mol. The first-order valence-electron chi connectivity index (χ1n) is 5.68. The van der Waals surface area contributed by atoms with Crippen LogP contribution in [0.3, 0.4) is 0 Å². The molecule has 106 valence electrons. The number of nitrogens with one attached hydrogen (secondary N) is 1. The van der Waals surface area contributed by atoms with Crippen LogP contribution in [0, 0.1) is 0 Å². The van der Waals surface area contributed by atoms with Gasteiger partial charge in [0.2, 0.25) is 0 Å². The number of rotatable bonds is 3. The Hall–Kier alpha value is -1.24. The molecule has 0 saturated heterocycles. The summed E-state index contributed by atoms with van der Waals surface area (Å²) in [7, 11) is 0. The van der Waals surface area contributed by atoms with Gasteiger partial charge in [0, 0.05) is 12.6 Å². The minimum Gasteiger partial charge on any atom is -0.310 e. The molecule has 1 aromatic carbocycles. The zero-order valence-corrected chi connectivity index (χ0v) is 9.70. The molecule has 1 aliphatic rings. The molecular formula is C12H11F6N. The molecule has 19 heavy (non-hydrogen) atoms. The minimum absolute atomic E-state index is 0.121. The lowest BCUT2D eigenvalue weighted by Crippen LogP contribution is -2.20. The third kappa shape index (κ3) is 3.62. The molecule has 1 saturated carbocycles. The molecule has 0 unspecified atom stereocenters. The van der Waals surface area contributed by atoms with Crippen LogP contribution < -0.4 is 5.32 Å². The van der Waals surface area contributed by atoms with E-state index in [1.165, 1.54) is 0 Å². The fourth-order valence-electron chi connectivity index (χ4n) is 1.73. The SMILES string of the molecule is FC(F)(F)c1ccc(C(F)(F)F)c(CNC2CC2)c1. The van der Waals surface area contributed by atoms with E-state index in [0.29, 0.717) is 18.2 Å². The topological polar surface area (TPSA) is 12.0 Å². The van der Waals surface area contributed by atoms with Gasteiger partial charge >= 0.3 is 12.4 Å². The Bertz CT molecular complexity index is 458. The summed E-state index contributed by atoms with van der Waals surface area (Å²) in [5.41, 5.74) is -2.45.